The lowest BCUT2D eigenvalue weighted by Crippen LogP contribution is -2.21. The van der Waals surface area contributed by atoms with Crippen molar-refractivity contribution in [2.24, 2.45) is 13.0 Å². The van der Waals surface area contributed by atoms with Crippen molar-refractivity contribution in [2.75, 3.05) is 18.0 Å². The van der Waals surface area contributed by atoms with Crippen LogP contribution in [-0.4, -0.2) is 54.1 Å². The lowest BCUT2D eigenvalue weighted by atomic mass is 9.83. The van der Waals surface area contributed by atoms with Crippen LogP contribution in [0.15, 0.2) is 24.4 Å². The summed E-state index contributed by atoms with van der Waals surface area (Å²) in [5.41, 5.74) is 5.12. The maximum atomic E-state index is 11.0. The second kappa shape index (κ2) is 9.36. The summed E-state index contributed by atoms with van der Waals surface area (Å²) in [7, 11) is 1.83. The predicted molar refractivity (Wildman–Crippen MR) is 124 cm³/mol. The molecule has 1 N–H and O–H groups in total. The van der Waals surface area contributed by atoms with Gasteiger partial charge in [-0.15, -0.1) is 5.10 Å². The van der Waals surface area contributed by atoms with Crippen molar-refractivity contribution in [3.8, 4) is 17.4 Å². The second-order valence-electron chi connectivity index (χ2n) is 9.19. The van der Waals surface area contributed by atoms with Crippen LogP contribution in [0.1, 0.15) is 55.1 Å². The molecule has 4 heterocycles. The van der Waals surface area contributed by atoms with Crippen LogP contribution < -0.4 is 9.64 Å². The first-order chi connectivity index (χ1) is 16.5. The zero-order valence-corrected chi connectivity index (χ0v) is 19.5. The molecule has 0 radical (unpaired) electrons. The molecule has 1 aliphatic heterocycles. The lowest BCUT2D eigenvalue weighted by molar-refractivity contribution is -0.137. The lowest BCUT2D eigenvalue weighted by Gasteiger charge is -2.24. The minimum absolute atomic E-state index is 0.172. The molecule has 1 aliphatic carbocycles. The average Bonchev–Trinajstić information content (AvgIpc) is 3.37. The highest BCUT2D eigenvalue weighted by Crippen LogP contribution is 2.35. The Hall–Kier alpha value is -3.56. The summed E-state index contributed by atoms with van der Waals surface area (Å²) in [5, 5.41) is 17.6. The minimum Gasteiger partial charge on any atom is -0.481 e. The van der Waals surface area contributed by atoms with Gasteiger partial charge in [0.05, 0.1) is 22.8 Å². The van der Waals surface area contributed by atoms with E-state index < -0.39 is 5.97 Å². The number of hydrogen-bond acceptors (Lipinski definition) is 8. The number of aryl methyl sites for hydroxylation is 2. The van der Waals surface area contributed by atoms with E-state index >= 15 is 0 Å². The number of anilines is 1. The van der Waals surface area contributed by atoms with E-state index in [1.807, 2.05) is 32.2 Å². The summed E-state index contributed by atoms with van der Waals surface area (Å²) in [4.78, 5) is 26.9. The van der Waals surface area contributed by atoms with Crippen LogP contribution >= 0.6 is 0 Å². The van der Waals surface area contributed by atoms with Gasteiger partial charge >= 0.3 is 12.0 Å². The first kappa shape index (κ1) is 22.2. The molecule has 1 atom stereocenters. The van der Waals surface area contributed by atoms with Crippen LogP contribution in [0.25, 0.3) is 11.4 Å². The highest BCUT2D eigenvalue weighted by molar-refractivity contribution is 5.67. The molecule has 0 aromatic carbocycles. The van der Waals surface area contributed by atoms with E-state index in [0.29, 0.717) is 17.6 Å². The van der Waals surface area contributed by atoms with Gasteiger partial charge in [0.2, 0.25) is 0 Å². The fraction of sp³-hybridized carbons (Fsp3) is 0.500. The molecule has 0 bridgehead atoms. The fourth-order valence-electron chi connectivity index (χ4n) is 4.71. The minimum atomic E-state index is -0.741. The molecule has 1 saturated carbocycles. The van der Waals surface area contributed by atoms with Crippen LogP contribution in [0.3, 0.4) is 0 Å². The maximum absolute atomic E-state index is 11.0. The number of ether oxygens (including phenoxy) is 1. The molecular formula is C24H29N7O3. The third-order valence-corrected chi connectivity index (χ3v) is 6.85. The van der Waals surface area contributed by atoms with Gasteiger partial charge in [0.25, 0.3) is 0 Å². The molecule has 178 valence electrons. The molecular weight excluding hydrogens is 434 g/mol. The van der Waals surface area contributed by atoms with Gasteiger partial charge in [0, 0.05) is 38.7 Å². The number of aliphatic carboxylic acids is 1. The van der Waals surface area contributed by atoms with Gasteiger partial charge in [-0.2, -0.15) is 4.98 Å². The Morgan fingerprint density at radius 1 is 1.21 bits per heavy atom. The highest BCUT2D eigenvalue weighted by atomic mass is 16.5. The molecule has 3 aromatic heterocycles. The Balaban J connectivity index is 1.30. The number of carboxylic acids is 1. The Kier molecular flexibility index (Phi) is 6.12. The van der Waals surface area contributed by atoms with Crippen molar-refractivity contribution in [1.82, 2.24) is 29.9 Å². The summed E-state index contributed by atoms with van der Waals surface area (Å²) in [6, 6.07) is 6.30. The molecule has 2 fully saturated rings. The number of hydrogen-bond donors (Lipinski definition) is 1. The number of rotatable bonds is 8. The van der Waals surface area contributed by atoms with E-state index in [4.69, 9.17) is 14.8 Å². The van der Waals surface area contributed by atoms with Crippen molar-refractivity contribution in [2.45, 2.75) is 51.6 Å². The summed E-state index contributed by atoms with van der Waals surface area (Å²) in [6.07, 6.45) is 6.43. The molecule has 10 nitrogen and oxygen atoms in total. The first-order valence-corrected chi connectivity index (χ1v) is 11.8. The molecule has 0 spiro atoms. The summed E-state index contributed by atoms with van der Waals surface area (Å²) in [6.45, 7) is 3.77. The van der Waals surface area contributed by atoms with E-state index in [-0.39, 0.29) is 18.9 Å². The van der Waals surface area contributed by atoms with Crippen molar-refractivity contribution in [3.05, 3.63) is 41.5 Å². The van der Waals surface area contributed by atoms with E-state index in [9.17, 15) is 4.79 Å². The van der Waals surface area contributed by atoms with Gasteiger partial charge in [0.1, 0.15) is 18.0 Å². The van der Waals surface area contributed by atoms with Crippen molar-refractivity contribution < 1.29 is 14.6 Å². The Morgan fingerprint density at radius 3 is 2.79 bits per heavy atom. The third-order valence-electron chi connectivity index (χ3n) is 6.85. The van der Waals surface area contributed by atoms with Crippen LogP contribution in [0.5, 0.6) is 6.01 Å². The zero-order chi connectivity index (χ0) is 23.7. The monoisotopic (exact) mass is 463 g/mol. The van der Waals surface area contributed by atoms with Crippen LogP contribution in [-0.2, 0) is 18.4 Å². The van der Waals surface area contributed by atoms with Crippen LogP contribution in [0.4, 0.5) is 5.69 Å². The molecule has 3 aromatic rings. The van der Waals surface area contributed by atoms with E-state index in [0.717, 1.165) is 48.0 Å². The largest absolute Gasteiger partial charge is 0.481 e. The fourth-order valence-corrected chi connectivity index (χ4v) is 4.71. The Bertz CT molecular complexity index is 1190. The molecule has 1 unspecified atom stereocenters. The average molecular weight is 464 g/mol. The Morgan fingerprint density at radius 2 is 2.06 bits per heavy atom. The predicted octanol–water partition coefficient (Wildman–Crippen LogP) is 3.12. The van der Waals surface area contributed by atoms with Gasteiger partial charge in [-0.25, -0.2) is 14.6 Å². The topological polar surface area (TPSA) is 119 Å². The second-order valence-corrected chi connectivity index (χ2v) is 9.19. The molecule has 34 heavy (non-hydrogen) atoms. The maximum Gasteiger partial charge on any atom is 0.316 e. The third kappa shape index (κ3) is 4.57. The molecule has 0 amide bonds. The van der Waals surface area contributed by atoms with Gasteiger partial charge in [-0.05, 0) is 50.3 Å². The summed E-state index contributed by atoms with van der Waals surface area (Å²) >= 11 is 0. The smallest absolute Gasteiger partial charge is 0.316 e. The zero-order valence-electron chi connectivity index (χ0n) is 19.5. The van der Waals surface area contributed by atoms with Gasteiger partial charge < -0.3 is 14.7 Å². The highest BCUT2D eigenvalue weighted by Gasteiger charge is 2.26. The number of aromatic nitrogens is 6. The standard InChI is InChI=1S/C24H29N7O3/c1-15-20(31-11-9-16(13-31)12-22(32)33)7-6-19(26-15)23-21(30(2)29-28-23)14-34-24-25-10-8-18(27-24)17-4-3-5-17/h6-8,10,16-17H,3-5,9,11-14H2,1-2H3,(H,32,33). The Labute approximate surface area is 198 Å². The molecule has 5 rings (SSSR count). The number of carbonyl (C=O) groups is 1. The van der Waals surface area contributed by atoms with Crippen molar-refractivity contribution >= 4 is 11.7 Å². The SMILES string of the molecule is Cc1nc(-c2nnn(C)c2COc2nccc(C3CCC3)n2)ccc1N1CCC(CC(=O)O)C1. The van der Waals surface area contributed by atoms with E-state index in [1.54, 1.807) is 10.9 Å². The van der Waals surface area contributed by atoms with Crippen LogP contribution in [0.2, 0.25) is 0 Å². The quantitative estimate of drug-likeness (QED) is 0.537. The normalized spacial score (nSPS) is 18.2. The number of pyridine rings is 1. The molecule has 2 aliphatic rings. The van der Waals surface area contributed by atoms with Gasteiger partial charge in [-0.1, -0.05) is 11.6 Å². The van der Waals surface area contributed by atoms with Crippen LogP contribution in [0, 0.1) is 12.8 Å². The number of carboxylic acid groups (broad SMARTS) is 1. The first-order valence-electron chi connectivity index (χ1n) is 11.8. The number of nitrogens with zero attached hydrogens (tertiary/aromatic N) is 7. The molecule has 1 saturated heterocycles. The van der Waals surface area contributed by atoms with E-state index in [2.05, 4.69) is 25.2 Å². The van der Waals surface area contributed by atoms with E-state index in [1.165, 1.54) is 19.3 Å². The van der Waals surface area contributed by atoms with Gasteiger partial charge in [0.15, 0.2) is 0 Å². The van der Waals surface area contributed by atoms with Gasteiger partial charge in [-0.3, -0.25) is 4.79 Å². The summed E-state index contributed by atoms with van der Waals surface area (Å²) < 4.78 is 7.61. The van der Waals surface area contributed by atoms with Crippen molar-refractivity contribution in [1.29, 1.82) is 0 Å². The molecule has 10 heteroatoms. The summed E-state index contributed by atoms with van der Waals surface area (Å²) in [5.74, 6) is -0.0556. The van der Waals surface area contributed by atoms with Crippen molar-refractivity contribution in [3.63, 3.8) is 0 Å².